The predicted molar refractivity (Wildman–Crippen MR) is 53.2 cm³/mol. The standard InChI is InChI=1S/C9H8BrF2NO2/c10-4-5-1-2-6(9(11)12)7(13-5)3-8(14)15/h1-2,9H,3-4H2,(H,14,15). The second kappa shape index (κ2) is 5.16. The van der Waals surface area contributed by atoms with Crippen LogP contribution in [-0.2, 0) is 16.5 Å². The molecule has 1 aromatic rings. The highest BCUT2D eigenvalue weighted by Crippen LogP contribution is 2.22. The van der Waals surface area contributed by atoms with Crippen LogP contribution in [0.25, 0.3) is 0 Å². The lowest BCUT2D eigenvalue weighted by Gasteiger charge is -2.07. The lowest BCUT2D eigenvalue weighted by Crippen LogP contribution is -2.07. The second-order valence-corrected chi connectivity index (χ2v) is 3.40. The van der Waals surface area contributed by atoms with E-state index < -0.39 is 18.8 Å². The molecule has 0 aliphatic heterocycles. The molecule has 0 amide bonds. The van der Waals surface area contributed by atoms with Gasteiger partial charge in [-0.25, -0.2) is 8.78 Å². The summed E-state index contributed by atoms with van der Waals surface area (Å²) in [5, 5.41) is 8.95. The van der Waals surface area contributed by atoms with Crippen molar-refractivity contribution >= 4 is 21.9 Å². The van der Waals surface area contributed by atoms with Crippen LogP contribution in [0.2, 0.25) is 0 Å². The summed E-state index contributed by atoms with van der Waals surface area (Å²) >= 11 is 3.12. The zero-order valence-electron chi connectivity index (χ0n) is 7.58. The summed E-state index contributed by atoms with van der Waals surface area (Å²) in [4.78, 5) is 14.3. The van der Waals surface area contributed by atoms with Gasteiger partial charge in [-0.2, -0.15) is 0 Å². The van der Waals surface area contributed by atoms with Gasteiger partial charge in [0.15, 0.2) is 0 Å². The molecule has 0 bridgehead atoms. The van der Waals surface area contributed by atoms with Gasteiger partial charge in [-0.1, -0.05) is 15.9 Å². The molecule has 15 heavy (non-hydrogen) atoms. The lowest BCUT2D eigenvalue weighted by atomic mass is 10.1. The summed E-state index contributed by atoms with van der Waals surface area (Å²) in [6, 6.07) is 2.66. The topological polar surface area (TPSA) is 50.2 Å². The number of carboxylic acid groups (broad SMARTS) is 1. The van der Waals surface area contributed by atoms with E-state index >= 15 is 0 Å². The van der Waals surface area contributed by atoms with E-state index in [0.717, 1.165) is 0 Å². The number of alkyl halides is 3. The van der Waals surface area contributed by atoms with Crippen LogP contribution in [0.4, 0.5) is 8.78 Å². The maximum atomic E-state index is 12.5. The molecule has 1 rings (SSSR count). The van der Waals surface area contributed by atoms with Gasteiger partial charge in [0.05, 0.1) is 17.8 Å². The van der Waals surface area contributed by atoms with Gasteiger partial charge in [-0.05, 0) is 12.1 Å². The lowest BCUT2D eigenvalue weighted by molar-refractivity contribution is -0.136. The first-order chi connectivity index (χ1) is 7.04. The van der Waals surface area contributed by atoms with Crippen molar-refractivity contribution < 1.29 is 18.7 Å². The molecule has 0 fully saturated rings. The van der Waals surface area contributed by atoms with Crippen LogP contribution in [0.15, 0.2) is 12.1 Å². The molecule has 1 heterocycles. The summed E-state index contributed by atoms with van der Waals surface area (Å²) in [7, 11) is 0. The average molecular weight is 280 g/mol. The summed E-state index contributed by atoms with van der Waals surface area (Å²) in [5.41, 5.74) is 0.146. The summed E-state index contributed by atoms with van der Waals surface area (Å²) in [6.45, 7) is 0. The molecule has 1 N–H and O–H groups in total. The van der Waals surface area contributed by atoms with E-state index in [1.165, 1.54) is 12.1 Å². The molecule has 0 aliphatic carbocycles. The number of aromatic nitrogens is 1. The molecule has 0 radical (unpaired) electrons. The summed E-state index contributed by atoms with van der Waals surface area (Å²) < 4.78 is 24.9. The third-order valence-corrected chi connectivity index (χ3v) is 2.33. The largest absolute Gasteiger partial charge is 0.481 e. The molecule has 3 nitrogen and oxygen atoms in total. The van der Waals surface area contributed by atoms with Gasteiger partial charge in [0.25, 0.3) is 6.43 Å². The van der Waals surface area contributed by atoms with E-state index in [4.69, 9.17) is 5.11 Å². The molecule has 0 unspecified atom stereocenters. The van der Waals surface area contributed by atoms with Gasteiger partial charge in [0, 0.05) is 10.9 Å². The highest BCUT2D eigenvalue weighted by Gasteiger charge is 2.16. The number of hydrogen-bond donors (Lipinski definition) is 1. The average Bonchev–Trinajstić information content (AvgIpc) is 2.16. The van der Waals surface area contributed by atoms with Crippen molar-refractivity contribution in [2.24, 2.45) is 0 Å². The van der Waals surface area contributed by atoms with Crippen molar-refractivity contribution in [3.05, 3.63) is 29.1 Å². The van der Waals surface area contributed by atoms with Crippen LogP contribution >= 0.6 is 15.9 Å². The maximum absolute atomic E-state index is 12.5. The molecule has 0 saturated carbocycles. The Morgan fingerprint density at radius 2 is 2.20 bits per heavy atom. The van der Waals surface area contributed by atoms with E-state index in [9.17, 15) is 13.6 Å². The van der Waals surface area contributed by atoms with E-state index in [0.29, 0.717) is 11.0 Å². The first kappa shape index (κ1) is 12.0. The Morgan fingerprint density at radius 3 is 2.67 bits per heavy atom. The number of carbonyl (C=O) groups is 1. The van der Waals surface area contributed by atoms with E-state index in [1.807, 2.05) is 0 Å². The van der Waals surface area contributed by atoms with Gasteiger partial charge >= 0.3 is 5.97 Å². The van der Waals surface area contributed by atoms with Gasteiger partial charge in [0.2, 0.25) is 0 Å². The Balaban J connectivity index is 3.10. The minimum Gasteiger partial charge on any atom is -0.481 e. The van der Waals surface area contributed by atoms with Crippen LogP contribution in [0.1, 0.15) is 23.4 Å². The van der Waals surface area contributed by atoms with Crippen LogP contribution in [0.5, 0.6) is 0 Å². The minimum absolute atomic E-state index is 0.0746. The quantitative estimate of drug-likeness (QED) is 0.862. The fourth-order valence-electron chi connectivity index (χ4n) is 1.12. The Bertz CT molecular complexity index is 371. The molecule has 82 valence electrons. The third-order valence-electron chi connectivity index (χ3n) is 1.76. The first-order valence-electron chi connectivity index (χ1n) is 4.09. The monoisotopic (exact) mass is 279 g/mol. The van der Waals surface area contributed by atoms with E-state index in [-0.39, 0.29) is 11.3 Å². The summed E-state index contributed by atoms with van der Waals surface area (Å²) in [6.07, 6.45) is -3.18. The Labute approximate surface area is 93.3 Å². The number of carboxylic acids is 1. The fourth-order valence-corrected chi connectivity index (χ4v) is 1.43. The van der Waals surface area contributed by atoms with Gasteiger partial charge in [0.1, 0.15) is 0 Å². The van der Waals surface area contributed by atoms with Crippen molar-refractivity contribution in [1.29, 1.82) is 0 Å². The second-order valence-electron chi connectivity index (χ2n) is 2.84. The van der Waals surface area contributed by atoms with Crippen molar-refractivity contribution in [2.45, 2.75) is 18.2 Å². The number of halogens is 3. The van der Waals surface area contributed by atoms with Gasteiger partial charge in [-0.3, -0.25) is 9.78 Å². The van der Waals surface area contributed by atoms with Crippen LogP contribution in [0.3, 0.4) is 0 Å². The molecule has 0 aromatic carbocycles. The molecule has 6 heteroatoms. The number of rotatable bonds is 4. The van der Waals surface area contributed by atoms with Crippen molar-refractivity contribution in [3.8, 4) is 0 Å². The van der Waals surface area contributed by atoms with Crippen LogP contribution in [-0.4, -0.2) is 16.1 Å². The predicted octanol–water partition coefficient (Wildman–Crippen LogP) is 2.54. The first-order valence-corrected chi connectivity index (χ1v) is 5.21. The summed E-state index contributed by atoms with van der Waals surface area (Å²) in [5.74, 6) is -1.17. The van der Waals surface area contributed by atoms with Crippen molar-refractivity contribution in [2.75, 3.05) is 0 Å². The molecule has 0 saturated heterocycles. The Kier molecular flexibility index (Phi) is 4.14. The molecular formula is C9H8BrF2NO2. The van der Waals surface area contributed by atoms with Gasteiger partial charge < -0.3 is 5.11 Å². The highest BCUT2D eigenvalue weighted by molar-refractivity contribution is 9.08. The number of nitrogens with zero attached hydrogens (tertiary/aromatic N) is 1. The fraction of sp³-hybridized carbons (Fsp3) is 0.333. The number of hydrogen-bond acceptors (Lipinski definition) is 2. The van der Waals surface area contributed by atoms with Crippen molar-refractivity contribution in [1.82, 2.24) is 4.98 Å². The van der Waals surface area contributed by atoms with Crippen LogP contribution in [0, 0.1) is 0 Å². The van der Waals surface area contributed by atoms with Crippen molar-refractivity contribution in [3.63, 3.8) is 0 Å². The highest BCUT2D eigenvalue weighted by atomic mass is 79.9. The van der Waals surface area contributed by atoms with Crippen LogP contribution < -0.4 is 0 Å². The molecule has 0 atom stereocenters. The molecule has 1 aromatic heterocycles. The third kappa shape index (κ3) is 3.23. The molecule has 0 aliphatic rings. The Hall–Kier alpha value is -1.04. The number of pyridine rings is 1. The zero-order chi connectivity index (χ0) is 11.4. The smallest absolute Gasteiger partial charge is 0.309 e. The maximum Gasteiger partial charge on any atom is 0.309 e. The normalized spacial score (nSPS) is 10.7. The SMILES string of the molecule is O=C(O)Cc1nc(CBr)ccc1C(F)F. The number of aliphatic carboxylic acids is 1. The molecular weight excluding hydrogens is 272 g/mol. The zero-order valence-corrected chi connectivity index (χ0v) is 9.17. The van der Waals surface area contributed by atoms with E-state index in [1.54, 1.807) is 0 Å². The molecule has 0 spiro atoms. The minimum atomic E-state index is -2.70. The Morgan fingerprint density at radius 1 is 1.53 bits per heavy atom. The van der Waals surface area contributed by atoms with E-state index in [2.05, 4.69) is 20.9 Å². The van der Waals surface area contributed by atoms with Gasteiger partial charge in [-0.15, -0.1) is 0 Å².